The molecule has 4 heteroatoms. The van der Waals surface area contributed by atoms with E-state index in [1.807, 2.05) is 30.3 Å². The predicted molar refractivity (Wildman–Crippen MR) is 92.7 cm³/mol. The third-order valence-corrected chi connectivity index (χ3v) is 5.37. The molecular formula is C17H16N2S2. The topological polar surface area (TPSA) is 38.9 Å². The van der Waals surface area contributed by atoms with E-state index in [9.17, 15) is 0 Å². The first-order chi connectivity index (χ1) is 10.2. The minimum Gasteiger partial charge on any atom is -0.389 e. The average Bonchev–Trinajstić information content (AvgIpc) is 2.88. The second-order valence-corrected chi connectivity index (χ2v) is 7.03. The zero-order valence-electron chi connectivity index (χ0n) is 11.7. The summed E-state index contributed by atoms with van der Waals surface area (Å²) in [6.07, 6.45) is 0. The molecule has 0 saturated heterocycles. The van der Waals surface area contributed by atoms with Crippen molar-refractivity contribution in [2.45, 2.75) is 17.0 Å². The van der Waals surface area contributed by atoms with Gasteiger partial charge in [0.2, 0.25) is 0 Å². The molecule has 3 aromatic rings. The van der Waals surface area contributed by atoms with Gasteiger partial charge in [0.15, 0.2) is 4.34 Å². The molecule has 0 amide bonds. The Morgan fingerprint density at radius 3 is 2.52 bits per heavy atom. The largest absolute Gasteiger partial charge is 0.389 e. The van der Waals surface area contributed by atoms with Crippen molar-refractivity contribution >= 4 is 28.1 Å². The summed E-state index contributed by atoms with van der Waals surface area (Å²) in [6, 6.07) is 18.6. The molecule has 0 radical (unpaired) electrons. The maximum absolute atomic E-state index is 6.11. The molecule has 1 heterocycles. The molecule has 2 aromatic carbocycles. The number of nitrogens with zero attached hydrogens (tertiary/aromatic N) is 1. The number of benzene rings is 2. The predicted octanol–water partition coefficient (Wildman–Crippen LogP) is 4.99. The summed E-state index contributed by atoms with van der Waals surface area (Å²) in [7, 11) is 0. The molecule has 0 aliphatic rings. The van der Waals surface area contributed by atoms with Gasteiger partial charge in [-0.25, -0.2) is 4.98 Å². The molecule has 0 aliphatic carbocycles. The third kappa shape index (κ3) is 3.28. The number of nitrogen functional groups attached to an aromatic ring is 1. The molecule has 1 aromatic heterocycles. The molecular weight excluding hydrogens is 296 g/mol. The number of rotatable bonds is 4. The van der Waals surface area contributed by atoms with Crippen LogP contribution in [-0.4, -0.2) is 4.98 Å². The lowest BCUT2D eigenvalue weighted by molar-refractivity contribution is 1.24. The Kier molecular flexibility index (Phi) is 4.27. The molecule has 2 N–H and O–H groups in total. The highest BCUT2D eigenvalue weighted by atomic mass is 32.2. The molecule has 0 atom stereocenters. The summed E-state index contributed by atoms with van der Waals surface area (Å²) in [5.41, 5.74) is 10.8. The van der Waals surface area contributed by atoms with Crippen LogP contribution in [-0.2, 0) is 5.75 Å². The average molecular weight is 312 g/mol. The van der Waals surface area contributed by atoms with Crippen molar-refractivity contribution in [1.82, 2.24) is 4.98 Å². The van der Waals surface area contributed by atoms with Crippen LogP contribution in [0.15, 0.2) is 58.9 Å². The van der Waals surface area contributed by atoms with Gasteiger partial charge < -0.3 is 5.73 Å². The maximum atomic E-state index is 6.11. The van der Waals surface area contributed by atoms with Gasteiger partial charge in [0.1, 0.15) is 10.7 Å². The van der Waals surface area contributed by atoms with E-state index in [1.165, 1.54) is 11.1 Å². The zero-order valence-corrected chi connectivity index (χ0v) is 13.4. The van der Waals surface area contributed by atoms with Gasteiger partial charge in [-0.2, -0.15) is 0 Å². The van der Waals surface area contributed by atoms with Gasteiger partial charge in [0, 0.05) is 11.3 Å². The van der Waals surface area contributed by atoms with Gasteiger partial charge in [0.25, 0.3) is 0 Å². The first-order valence-electron chi connectivity index (χ1n) is 6.73. The van der Waals surface area contributed by atoms with Crippen LogP contribution in [0.5, 0.6) is 0 Å². The zero-order chi connectivity index (χ0) is 14.7. The van der Waals surface area contributed by atoms with E-state index in [4.69, 9.17) is 5.73 Å². The first kappa shape index (κ1) is 14.2. The highest BCUT2D eigenvalue weighted by molar-refractivity contribution is 8.00. The second-order valence-electron chi connectivity index (χ2n) is 4.77. The molecule has 3 rings (SSSR count). The van der Waals surface area contributed by atoms with Gasteiger partial charge in [-0.15, -0.1) is 0 Å². The smallest absolute Gasteiger partial charge is 0.152 e. The van der Waals surface area contributed by atoms with Crippen molar-refractivity contribution in [2.75, 3.05) is 5.73 Å². The summed E-state index contributed by atoms with van der Waals surface area (Å²) < 4.78 is 1.02. The van der Waals surface area contributed by atoms with Gasteiger partial charge in [0.05, 0.1) is 0 Å². The fourth-order valence-corrected chi connectivity index (χ4v) is 4.11. The molecule has 0 saturated carbocycles. The number of hydrogen-bond acceptors (Lipinski definition) is 4. The molecule has 2 nitrogen and oxygen atoms in total. The van der Waals surface area contributed by atoms with Crippen LogP contribution in [0.2, 0.25) is 0 Å². The van der Waals surface area contributed by atoms with E-state index in [0.29, 0.717) is 0 Å². The number of nitrogens with two attached hydrogens (primary N) is 1. The Balaban J connectivity index is 1.78. The van der Waals surface area contributed by atoms with Crippen LogP contribution in [0.3, 0.4) is 0 Å². The van der Waals surface area contributed by atoms with Gasteiger partial charge in [-0.1, -0.05) is 77.7 Å². The summed E-state index contributed by atoms with van der Waals surface area (Å²) in [6.45, 7) is 2.14. The van der Waals surface area contributed by atoms with Crippen molar-refractivity contribution < 1.29 is 0 Å². The summed E-state index contributed by atoms with van der Waals surface area (Å²) >= 11 is 3.31. The third-order valence-electron chi connectivity index (χ3n) is 3.29. The molecule has 0 aliphatic heterocycles. The lowest BCUT2D eigenvalue weighted by Crippen LogP contribution is -1.86. The van der Waals surface area contributed by atoms with Crippen molar-refractivity contribution in [2.24, 2.45) is 0 Å². The number of aromatic nitrogens is 1. The Labute approximate surface area is 133 Å². The second kappa shape index (κ2) is 6.33. The number of aryl methyl sites for hydroxylation is 1. The standard InChI is InChI=1S/C17H16N2S2/c1-12-7-5-6-10-14(12)11-20-17-19-15(16(18)21-17)13-8-3-2-4-9-13/h2-10H,11,18H2,1H3. The van der Waals surface area contributed by atoms with Gasteiger partial charge >= 0.3 is 0 Å². The van der Waals surface area contributed by atoms with Crippen LogP contribution in [0, 0.1) is 6.92 Å². The van der Waals surface area contributed by atoms with Crippen molar-refractivity contribution in [1.29, 1.82) is 0 Å². The maximum Gasteiger partial charge on any atom is 0.152 e. The quantitative estimate of drug-likeness (QED) is 0.690. The summed E-state index contributed by atoms with van der Waals surface area (Å²) in [4.78, 5) is 4.68. The lowest BCUT2D eigenvalue weighted by Gasteiger charge is -2.02. The molecule has 21 heavy (non-hydrogen) atoms. The van der Waals surface area contributed by atoms with Crippen LogP contribution >= 0.6 is 23.1 Å². The van der Waals surface area contributed by atoms with E-state index < -0.39 is 0 Å². The van der Waals surface area contributed by atoms with Crippen molar-refractivity contribution in [3.8, 4) is 11.3 Å². The molecule has 0 spiro atoms. The number of thioether (sulfide) groups is 1. The van der Waals surface area contributed by atoms with E-state index in [0.717, 1.165) is 26.4 Å². The highest BCUT2D eigenvalue weighted by Gasteiger charge is 2.11. The molecule has 0 fully saturated rings. The van der Waals surface area contributed by atoms with E-state index >= 15 is 0 Å². The number of anilines is 1. The van der Waals surface area contributed by atoms with Crippen LogP contribution < -0.4 is 5.73 Å². The van der Waals surface area contributed by atoms with Crippen molar-refractivity contribution in [3.05, 3.63) is 65.7 Å². The number of thiazole rings is 1. The molecule has 0 unspecified atom stereocenters. The van der Waals surface area contributed by atoms with Gasteiger partial charge in [-0.05, 0) is 18.1 Å². The summed E-state index contributed by atoms with van der Waals surface area (Å²) in [5, 5.41) is 0.786. The molecule has 0 bridgehead atoms. The lowest BCUT2D eigenvalue weighted by atomic mass is 10.1. The molecule has 106 valence electrons. The van der Waals surface area contributed by atoms with Crippen LogP contribution in [0.4, 0.5) is 5.00 Å². The first-order valence-corrected chi connectivity index (χ1v) is 8.53. The highest BCUT2D eigenvalue weighted by Crippen LogP contribution is 2.36. The van der Waals surface area contributed by atoms with Crippen molar-refractivity contribution in [3.63, 3.8) is 0 Å². The fourth-order valence-electron chi connectivity index (χ4n) is 2.09. The summed E-state index contributed by atoms with van der Waals surface area (Å²) in [5.74, 6) is 0.924. The monoisotopic (exact) mass is 312 g/mol. The minimum atomic E-state index is 0.786. The SMILES string of the molecule is Cc1ccccc1CSc1nc(-c2ccccc2)c(N)s1. The van der Waals surface area contributed by atoms with E-state index in [-0.39, 0.29) is 0 Å². The Morgan fingerprint density at radius 2 is 1.76 bits per heavy atom. The van der Waals surface area contributed by atoms with Crippen LogP contribution in [0.1, 0.15) is 11.1 Å². The Bertz CT molecular complexity index is 736. The van der Waals surface area contributed by atoms with Gasteiger partial charge in [-0.3, -0.25) is 0 Å². The fraction of sp³-hybridized carbons (Fsp3) is 0.118. The van der Waals surface area contributed by atoms with E-state index in [1.54, 1.807) is 23.1 Å². The minimum absolute atomic E-state index is 0.786. The van der Waals surface area contributed by atoms with E-state index in [2.05, 4.69) is 36.2 Å². The number of hydrogen-bond donors (Lipinski definition) is 1. The Hall–Kier alpha value is -1.78. The van der Waals surface area contributed by atoms with Crippen LogP contribution in [0.25, 0.3) is 11.3 Å². The Morgan fingerprint density at radius 1 is 1.05 bits per heavy atom. The normalized spacial score (nSPS) is 10.7.